The van der Waals surface area contributed by atoms with Gasteiger partial charge in [-0.15, -0.1) is 0 Å². The molecule has 0 saturated carbocycles. The molecular weight excluding hydrogens is 460 g/mol. The molecule has 1 amide bonds. The third-order valence-corrected chi connectivity index (χ3v) is 8.19. The summed E-state index contributed by atoms with van der Waals surface area (Å²) in [6, 6.07) is 10.5. The summed E-state index contributed by atoms with van der Waals surface area (Å²) in [6.07, 6.45) is 1.65. The number of nitrogens with zero attached hydrogens (tertiary/aromatic N) is 1. The van der Waals surface area contributed by atoms with Gasteiger partial charge in [0.25, 0.3) is 0 Å². The molecule has 3 aliphatic heterocycles. The van der Waals surface area contributed by atoms with Gasteiger partial charge in [-0.25, -0.2) is 8.42 Å². The molecule has 34 heavy (non-hydrogen) atoms. The van der Waals surface area contributed by atoms with Gasteiger partial charge in [-0.1, -0.05) is 6.07 Å². The predicted octanol–water partition coefficient (Wildman–Crippen LogP) is 1.99. The second kappa shape index (κ2) is 9.71. The van der Waals surface area contributed by atoms with E-state index in [1.165, 1.54) is 10.4 Å². The monoisotopic (exact) mass is 488 g/mol. The number of sulfonamides is 1. The standard InChI is InChI=1S/C24H28N2O7S/c27-24(25-8-5-17-1-3-20-22(15-17)32-13-11-30-20)18-6-9-26(10-7-18)34(28,29)19-2-4-21-23(16-19)33-14-12-31-21/h1-4,15-16,18H,5-14H2,(H,25,27). The molecule has 182 valence electrons. The Kier molecular flexibility index (Phi) is 6.51. The molecule has 0 unspecified atom stereocenters. The van der Waals surface area contributed by atoms with Gasteiger partial charge in [0, 0.05) is 31.6 Å². The van der Waals surface area contributed by atoms with Gasteiger partial charge in [-0.05, 0) is 49.1 Å². The molecule has 5 rings (SSSR count). The van der Waals surface area contributed by atoms with Crippen molar-refractivity contribution < 1.29 is 32.2 Å². The lowest BCUT2D eigenvalue weighted by Gasteiger charge is -2.31. The van der Waals surface area contributed by atoms with Crippen molar-refractivity contribution in [3.63, 3.8) is 0 Å². The number of benzene rings is 2. The van der Waals surface area contributed by atoms with E-state index in [1.54, 1.807) is 12.1 Å². The minimum absolute atomic E-state index is 0.0334. The number of amides is 1. The first-order valence-electron chi connectivity index (χ1n) is 11.6. The lowest BCUT2D eigenvalue weighted by atomic mass is 9.97. The lowest BCUT2D eigenvalue weighted by Crippen LogP contribution is -2.43. The number of fused-ring (bicyclic) bond motifs is 2. The smallest absolute Gasteiger partial charge is 0.243 e. The Hall–Kier alpha value is -2.98. The lowest BCUT2D eigenvalue weighted by molar-refractivity contribution is -0.126. The zero-order valence-electron chi connectivity index (χ0n) is 18.8. The number of rotatable bonds is 6. The van der Waals surface area contributed by atoms with E-state index in [1.807, 2.05) is 18.2 Å². The van der Waals surface area contributed by atoms with E-state index in [4.69, 9.17) is 18.9 Å². The fourth-order valence-electron chi connectivity index (χ4n) is 4.41. The van der Waals surface area contributed by atoms with Crippen molar-refractivity contribution in [2.24, 2.45) is 5.92 Å². The highest BCUT2D eigenvalue weighted by Crippen LogP contribution is 2.34. The Balaban J connectivity index is 1.12. The molecule has 2 aromatic rings. The van der Waals surface area contributed by atoms with E-state index in [-0.39, 0.29) is 16.7 Å². The van der Waals surface area contributed by atoms with Gasteiger partial charge in [-0.2, -0.15) is 4.31 Å². The minimum Gasteiger partial charge on any atom is -0.486 e. The van der Waals surface area contributed by atoms with E-state index in [0.29, 0.717) is 76.8 Å². The molecule has 0 spiro atoms. The number of piperidine rings is 1. The van der Waals surface area contributed by atoms with Crippen LogP contribution in [0.2, 0.25) is 0 Å². The van der Waals surface area contributed by atoms with Crippen LogP contribution < -0.4 is 24.3 Å². The van der Waals surface area contributed by atoms with Gasteiger partial charge in [0.2, 0.25) is 15.9 Å². The summed E-state index contributed by atoms with van der Waals surface area (Å²) in [4.78, 5) is 12.8. The molecule has 3 heterocycles. The fraction of sp³-hybridized carbons (Fsp3) is 0.458. The van der Waals surface area contributed by atoms with Crippen LogP contribution >= 0.6 is 0 Å². The first-order valence-corrected chi connectivity index (χ1v) is 13.0. The molecule has 0 atom stereocenters. The van der Waals surface area contributed by atoms with Crippen LogP contribution in [0.5, 0.6) is 23.0 Å². The van der Waals surface area contributed by atoms with Crippen molar-refractivity contribution in [1.29, 1.82) is 0 Å². The van der Waals surface area contributed by atoms with Gasteiger partial charge < -0.3 is 24.3 Å². The summed E-state index contributed by atoms with van der Waals surface area (Å²) in [6.45, 7) is 3.05. The Labute approximate surface area is 199 Å². The molecule has 1 N–H and O–H groups in total. The van der Waals surface area contributed by atoms with Crippen molar-refractivity contribution in [2.45, 2.75) is 24.2 Å². The van der Waals surface area contributed by atoms with Crippen molar-refractivity contribution >= 4 is 15.9 Å². The summed E-state index contributed by atoms with van der Waals surface area (Å²) in [5.74, 6) is 2.25. The number of carbonyl (C=O) groups excluding carboxylic acids is 1. The van der Waals surface area contributed by atoms with Crippen LogP contribution in [0.4, 0.5) is 0 Å². The second-order valence-corrected chi connectivity index (χ2v) is 10.4. The summed E-state index contributed by atoms with van der Waals surface area (Å²) in [5, 5.41) is 2.99. The molecule has 10 heteroatoms. The fourth-order valence-corrected chi connectivity index (χ4v) is 5.89. The van der Waals surface area contributed by atoms with Gasteiger partial charge in [0.1, 0.15) is 26.4 Å². The van der Waals surface area contributed by atoms with E-state index >= 15 is 0 Å². The normalized spacial score (nSPS) is 18.4. The van der Waals surface area contributed by atoms with E-state index in [9.17, 15) is 13.2 Å². The number of hydrogen-bond acceptors (Lipinski definition) is 7. The number of carbonyl (C=O) groups is 1. The highest BCUT2D eigenvalue weighted by Gasteiger charge is 2.32. The third-order valence-electron chi connectivity index (χ3n) is 6.30. The van der Waals surface area contributed by atoms with Crippen molar-refractivity contribution in [3.8, 4) is 23.0 Å². The first-order chi connectivity index (χ1) is 16.5. The topological polar surface area (TPSA) is 103 Å². The van der Waals surface area contributed by atoms with Crippen LogP contribution in [0.1, 0.15) is 18.4 Å². The summed E-state index contributed by atoms with van der Waals surface area (Å²) >= 11 is 0. The molecule has 0 bridgehead atoms. The number of nitrogens with one attached hydrogen (secondary N) is 1. The molecule has 3 aliphatic rings. The van der Waals surface area contributed by atoms with Gasteiger partial charge in [0.05, 0.1) is 4.90 Å². The molecule has 1 saturated heterocycles. The molecular formula is C24H28N2O7S. The van der Waals surface area contributed by atoms with Crippen molar-refractivity contribution in [1.82, 2.24) is 9.62 Å². The average Bonchev–Trinajstić information content (AvgIpc) is 2.88. The summed E-state index contributed by atoms with van der Waals surface area (Å²) in [5.41, 5.74) is 1.06. The van der Waals surface area contributed by atoms with Gasteiger partial charge in [0.15, 0.2) is 23.0 Å². The highest BCUT2D eigenvalue weighted by atomic mass is 32.2. The van der Waals surface area contributed by atoms with Gasteiger partial charge in [-0.3, -0.25) is 4.79 Å². The second-order valence-electron chi connectivity index (χ2n) is 8.50. The Morgan fingerprint density at radius 3 is 2.12 bits per heavy atom. The molecule has 0 aliphatic carbocycles. The Morgan fingerprint density at radius 2 is 1.44 bits per heavy atom. The quantitative estimate of drug-likeness (QED) is 0.663. The number of ether oxygens (including phenoxy) is 4. The summed E-state index contributed by atoms with van der Waals surface area (Å²) < 4.78 is 49.7. The molecule has 0 radical (unpaired) electrons. The maximum atomic E-state index is 13.1. The van der Waals surface area contributed by atoms with Crippen LogP contribution in [0.3, 0.4) is 0 Å². The maximum Gasteiger partial charge on any atom is 0.243 e. The van der Waals surface area contributed by atoms with Crippen LogP contribution in [0, 0.1) is 5.92 Å². The highest BCUT2D eigenvalue weighted by molar-refractivity contribution is 7.89. The predicted molar refractivity (Wildman–Crippen MR) is 123 cm³/mol. The van der Waals surface area contributed by atoms with Crippen LogP contribution in [-0.4, -0.2) is 64.7 Å². The molecule has 1 fully saturated rings. The van der Waals surface area contributed by atoms with E-state index in [2.05, 4.69) is 5.32 Å². The minimum atomic E-state index is -3.66. The molecule has 0 aromatic heterocycles. The Morgan fingerprint density at radius 1 is 0.853 bits per heavy atom. The van der Waals surface area contributed by atoms with Crippen molar-refractivity contribution in [2.75, 3.05) is 46.1 Å². The van der Waals surface area contributed by atoms with E-state index < -0.39 is 10.0 Å². The average molecular weight is 489 g/mol. The first kappa shape index (κ1) is 22.8. The van der Waals surface area contributed by atoms with Crippen LogP contribution in [0.15, 0.2) is 41.3 Å². The zero-order valence-corrected chi connectivity index (χ0v) is 19.6. The summed E-state index contributed by atoms with van der Waals surface area (Å²) in [7, 11) is -3.66. The van der Waals surface area contributed by atoms with Crippen LogP contribution in [-0.2, 0) is 21.2 Å². The Bertz CT molecular complexity index is 1160. The maximum absolute atomic E-state index is 13.1. The number of hydrogen-bond donors (Lipinski definition) is 1. The largest absolute Gasteiger partial charge is 0.486 e. The van der Waals surface area contributed by atoms with Gasteiger partial charge >= 0.3 is 0 Å². The molecule has 9 nitrogen and oxygen atoms in total. The third kappa shape index (κ3) is 4.78. The molecule has 2 aromatic carbocycles. The SMILES string of the molecule is O=C(NCCc1ccc2c(c1)OCCO2)C1CCN(S(=O)(=O)c2ccc3c(c2)OCCO3)CC1. The van der Waals surface area contributed by atoms with E-state index in [0.717, 1.165) is 17.1 Å². The zero-order chi connectivity index (χ0) is 23.5. The van der Waals surface area contributed by atoms with Crippen LogP contribution in [0.25, 0.3) is 0 Å². The van der Waals surface area contributed by atoms with Crippen molar-refractivity contribution in [3.05, 3.63) is 42.0 Å².